The number of nitrogens with zero attached hydrogens (tertiary/aromatic N) is 4. The van der Waals surface area contributed by atoms with E-state index in [1.54, 1.807) is 17.4 Å². The van der Waals surface area contributed by atoms with Crippen molar-refractivity contribution in [2.24, 2.45) is 0 Å². The van der Waals surface area contributed by atoms with Crippen LogP contribution >= 0.6 is 11.3 Å². The zero-order chi connectivity index (χ0) is 21.9. The minimum absolute atomic E-state index is 0.0885. The number of hydrogen-bond acceptors (Lipinski definition) is 4. The average Bonchev–Trinajstić information content (AvgIpc) is 3.47. The van der Waals surface area contributed by atoms with Crippen LogP contribution in [-0.4, -0.2) is 38.4 Å². The van der Waals surface area contributed by atoms with Gasteiger partial charge in [0, 0.05) is 42.7 Å². The Morgan fingerprint density at radius 2 is 1.97 bits per heavy atom. The van der Waals surface area contributed by atoms with E-state index in [0.717, 1.165) is 54.2 Å². The number of carbonyl (C=O) groups is 1. The Balaban J connectivity index is 1.36. The summed E-state index contributed by atoms with van der Waals surface area (Å²) in [6.07, 6.45) is 8.04. The number of benzene rings is 1. The summed E-state index contributed by atoms with van der Waals surface area (Å²) in [4.78, 5) is 25.3. The van der Waals surface area contributed by atoms with E-state index in [4.69, 9.17) is 4.98 Å². The van der Waals surface area contributed by atoms with Crippen LogP contribution in [0.3, 0.4) is 0 Å². The molecule has 4 heterocycles. The topological polar surface area (TPSA) is 51.0 Å². The Labute approximate surface area is 192 Å². The highest BCUT2D eigenvalue weighted by atomic mass is 32.1. The van der Waals surface area contributed by atoms with Crippen molar-refractivity contribution >= 4 is 34.5 Å². The largest absolute Gasteiger partial charge is 0.339 e. The van der Waals surface area contributed by atoms with Crippen molar-refractivity contribution in [3.63, 3.8) is 0 Å². The van der Waals surface area contributed by atoms with Gasteiger partial charge < -0.3 is 9.47 Å². The summed E-state index contributed by atoms with van der Waals surface area (Å²) in [5.41, 5.74) is 4.44. The Kier molecular flexibility index (Phi) is 5.86. The molecule has 6 heteroatoms. The molecule has 1 amide bonds. The second-order valence-corrected chi connectivity index (χ2v) is 9.23. The van der Waals surface area contributed by atoms with Crippen LogP contribution < -0.4 is 0 Å². The fraction of sp³-hybridized carbons (Fsp3) is 0.269. The minimum atomic E-state index is 0.0885. The van der Waals surface area contributed by atoms with Gasteiger partial charge in [0.25, 0.3) is 0 Å². The van der Waals surface area contributed by atoms with E-state index in [2.05, 4.69) is 40.7 Å². The van der Waals surface area contributed by atoms with Crippen molar-refractivity contribution in [3.8, 4) is 0 Å². The summed E-state index contributed by atoms with van der Waals surface area (Å²) in [5.74, 6) is 1.14. The summed E-state index contributed by atoms with van der Waals surface area (Å²) in [5, 5.41) is 2.02. The number of carbonyl (C=O) groups excluding carboxylic acids is 1. The fourth-order valence-electron chi connectivity index (χ4n) is 4.45. The van der Waals surface area contributed by atoms with Crippen molar-refractivity contribution in [1.29, 1.82) is 0 Å². The van der Waals surface area contributed by atoms with Crippen LogP contribution in [0.2, 0.25) is 0 Å². The molecule has 1 aromatic carbocycles. The van der Waals surface area contributed by atoms with Gasteiger partial charge in [-0.1, -0.05) is 30.3 Å². The van der Waals surface area contributed by atoms with Gasteiger partial charge in [-0.05, 0) is 60.5 Å². The van der Waals surface area contributed by atoms with Crippen LogP contribution in [0, 0.1) is 6.92 Å². The smallest absolute Gasteiger partial charge is 0.246 e. The van der Waals surface area contributed by atoms with E-state index < -0.39 is 0 Å². The van der Waals surface area contributed by atoms with Crippen molar-refractivity contribution in [2.75, 3.05) is 13.1 Å². The maximum absolute atomic E-state index is 12.7. The second-order valence-electron chi connectivity index (χ2n) is 8.25. The number of piperidine rings is 1. The maximum atomic E-state index is 12.7. The van der Waals surface area contributed by atoms with Gasteiger partial charge in [0.05, 0.1) is 0 Å². The molecule has 1 aliphatic rings. The summed E-state index contributed by atoms with van der Waals surface area (Å²) in [6.45, 7) is 3.64. The average molecular weight is 443 g/mol. The fourth-order valence-corrected chi connectivity index (χ4v) is 5.07. The Bertz CT molecular complexity index is 1250. The van der Waals surface area contributed by atoms with Crippen molar-refractivity contribution < 1.29 is 4.79 Å². The predicted octanol–water partition coefficient (Wildman–Crippen LogP) is 5.27. The molecule has 162 valence electrons. The first-order chi connectivity index (χ1) is 15.7. The Morgan fingerprint density at radius 3 is 2.75 bits per heavy atom. The number of likely N-dealkylation sites (tertiary alicyclic amines) is 1. The van der Waals surface area contributed by atoms with Crippen LogP contribution in [0.25, 0.3) is 17.2 Å². The van der Waals surface area contributed by atoms with Crippen molar-refractivity contribution in [2.45, 2.75) is 32.2 Å². The Hall–Kier alpha value is -3.25. The summed E-state index contributed by atoms with van der Waals surface area (Å²) >= 11 is 1.64. The number of thiophene rings is 1. The van der Waals surface area contributed by atoms with Crippen LogP contribution in [-0.2, 0) is 11.2 Å². The minimum Gasteiger partial charge on any atom is -0.339 e. The molecule has 5 nitrogen and oxygen atoms in total. The summed E-state index contributed by atoms with van der Waals surface area (Å²) in [6, 6.07) is 16.8. The first-order valence-electron chi connectivity index (χ1n) is 11.1. The third kappa shape index (κ3) is 4.23. The first-order valence-corrected chi connectivity index (χ1v) is 11.9. The van der Waals surface area contributed by atoms with Gasteiger partial charge in [-0.25, -0.2) is 9.97 Å². The van der Waals surface area contributed by atoms with Crippen LogP contribution in [0.4, 0.5) is 0 Å². The molecule has 0 radical (unpaired) electrons. The second kappa shape index (κ2) is 9.09. The number of pyridine rings is 1. The van der Waals surface area contributed by atoms with Gasteiger partial charge in [0.2, 0.25) is 5.91 Å². The molecule has 5 rings (SSSR count). The highest BCUT2D eigenvalue weighted by molar-refractivity contribution is 7.10. The molecule has 1 aliphatic heterocycles. The van der Waals surface area contributed by atoms with E-state index in [1.165, 1.54) is 11.1 Å². The normalized spacial score (nSPS) is 15.1. The molecular formula is C26H26N4OS. The number of hydrogen-bond donors (Lipinski definition) is 0. The number of fused-ring (bicyclic) bond motifs is 1. The number of aryl methyl sites for hydroxylation is 1. The zero-order valence-corrected chi connectivity index (χ0v) is 19.0. The highest BCUT2D eigenvalue weighted by Crippen LogP contribution is 2.29. The summed E-state index contributed by atoms with van der Waals surface area (Å²) < 4.78 is 2.32. The molecular weight excluding hydrogens is 416 g/mol. The third-order valence-corrected chi connectivity index (χ3v) is 7.04. The molecule has 0 saturated carbocycles. The number of aromatic nitrogens is 3. The number of imidazole rings is 1. The van der Waals surface area contributed by atoms with E-state index >= 15 is 0 Å². The van der Waals surface area contributed by atoms with E-state index in [9.17, 15) is 4.79 Å². The lowest BCUT2D eigenvalue weighted by atomic mass is 10.0. The van der Waals surface area contributed by atoms with Crippen LogP contribution in [0.1, 0.15) is 40.7 Å². The van der Waals surface area contributed by atoms with Crippen molar-refractivity contribution in [1.82, 2.24) is 19.4 Å². The highest BCUT2D eigenvalue weighted by Gasteiger charge is 2.26. The first kappa shape index (κ1) is 20.6. The van der Waals surface area contributed by atoms with Gasteiger partial charge in [-0.3, -0.25) is 4.79 Å². The molecule has 0 atom stereocenters. The molecule has 3 aromatic heterocycles. The molecule has 0 bridgehead atoms. The van der Waals surface area contributed by atoms with Gasteiger partial charge in [0.15, 0.2) is 5.65 Å². The Morgan fingerprint density at radius 1 is 1.12 bits per heavy atom. The molecule has 0 aliphatic carbocycles. The lowest BCUT2D eigenvalue weighted by Crippen LogP contribution is -2.38. The molecule has 1 saturated heterocycles. The van der Waals surface area contributed by atoms with Gasteiger partial charge in [0.1, 0.15) is 11.3 Å². The monoisotopic (exact) mass is 442 g/mol. The van der Waals surface area contributed by atoms with E-state index in [1.807, 2.05) is 46.8 Å². The van der Waals surface area contributed by atoms with Gasteiger partial charge >= 0.3 is 0 Å². The molecule has 0 spiro atoms. The maximum Gasteiger partial charge on any atom is 0.246 e. The zero-order valence-electron chi connectivity index (χ0n) is 18.1. The molecule has 32 heavy (non-hydrogen) atoms. The standard InChI is InChI=1S/C26H26N4OS/c1-19-6-2-3-7-20(19)18-24-28-23-9-4-14-27-26(23)30(24)21-12-15-29(16-13-21)25(31)11-10-22-8-5-17-32-22/h2-11,14,17,21H,12-13,15-16,18H2,1H3/b11-10+. The molecule has 1 fully saturated rings. The van der Waals surface area contributed by atoms with E-state index in [-0.39, 0.29) is 5.91 Å². The van der Waals surface area contributed by atoms with Crippen LogP contribution in [0.15, 0.2) is 66.2 Å². The van der Waals surface area contributed by atoms with Crippen LogP contribution in [0.5, 0.6) is 0 Å². The molecule has 0 unspecified atom stereocenters. The number of amides is 1. The van der Waals surface area contributed by atoms with E-state index in [0.29, 0.717) is 6.04 Å². The SMILES string of the molecule is Cc1ccccc1Cc1nc2cccnc2n1C1CCN(C(=O)/C=C/c2cccs2)CC1. The quantitative estimate of drug-likeness (QED) is 0.396. The summed E-state index contributed by atoms with van der Waals surface area (Å²) in [7, 11) is 0. The molecule has 4 aromatic rings. The lowest BCUT2D eigenvalue weighted by Gasteiger charge is -2.33. The predicted molar refractivity (Wildman–Crippen MR) is 130 cm³/mol. The number of rotatable bonds is 5. The van der Waals surface area contributed by atoms with Crippen molar-refractivity contribution in [3.05, 3.63) is 88.0 Å². The lowest BCUT2D eigenvalue weighted by molar-refractivity contribution is -0.127. The van der Waals surface area contributed by atoms with Gasteiger partial charge in [-0.2, -0.15) is 0 Å². The van der Waals surface area contributed by atoms with Gasteiger partial charge in [-0.15, -0.1) is 11.3 Å². The molecule has 0 N–H and O–H groups in total. The third-order valence-electron chi connectivity index (χ3n) is 6.21.